The van der Waals surface area contributed by atoms with Crippen LogP contribution in [0.25, 0.3) is 22.2 Å². The maximum Gasteiger partial charge on any atom is 0.336 e. The molecule has 5 rings (SSSR count). The summed E-state index contributed by atoms with van der Waals surface area (Å²) in [5.41, 5.74) is 4.09. The van der Waals surface area contributed by atoms with E-state index in [0.29, 0.717) is 39.0 Å². The molecule has 4 aromatic rings. The van der Waals surface area contributed by atoms with Gasteiger partial charge in [0.25, 0.3) is 11.8 Å². The largest absolute Gasteiger partial charge is 0.478 e. The van der Waals surface area contributed by atoms with Crippen LogP contribution >= 0.6 is 0 Å². The molecule has 2 heterocycles. The lowest BCUT2D eigenvalue weighted by atomic mass is 10.0. The number of imide groups is 1. The van der Waals surface area contributed by atoms with Gasteiger partial charge in [0.15, 0.2) is 0 Å². The maximum atomic E-state index is 12.7. The number of carbonyl (C=O) groups excluding carboxylic acids is 2. The number of carbonyl (C=O) groups is 3. The number of hydrogen-bond acceptors (Lipinski definition) is 4. The lowest BCUT2D eigenvalue weighted by molar-refractivity contribution is 0.0698. The number of aryl methyl sites for hydroxylation is 1. The number of aromatic nitrogens is 1. The van der Waals surface area contributed by atoms with E-state index in [-0.39, 0.29) is 17.4 Å². The molecule has 0 radical (unpaired) electrons. The molecule has 150 valence electrons. The molecule has 2 amide bonds. The highest BCUT2D eigenvalue weighted by atomic mass is 16.4. The van der Waals surface area contributed by atoms with Crippen LogP contribution in [0.4, 0.5) is 5.69 Å². The highest BCUT2D eigenvalue weighted by Crippen LogP contribution is 2.31. The first-order valence-electron chi connectivity index (χ1n) is 9.67. The summed E-state index contributed by atoms with van der Waals surface area (Å²) < 4.78 is 0. The number of aromatic carboxylic acids is 1. The maximum absolute atomic E-state index is 12.7. The van der Waals surface area contributed by atoms with Crippen LogP contribution in [0.1, 0.15) is 36.6 Å². The number of amides is 2. The molecule has 1 aliphatic heterocycles. The van der Waals surface area contributed by atoms with E-state index in [1.165, 1.54) is 0 Å². The zero-order valence-corrected chi connectivity index (χ0v) is 16.5. The average molecular weight is 408 g/mol. The predicted molar refractivity (Wildman–Crippen MR) is 116 cm³/mol. The van der Waals surface area contributed by atoms with Crippen LogP contribution in [0.2, 0.25) is 0 Å². The Morgan fingerprint density at radius 1 is 0.871 bits per heavy atom. The third-order valence-corrected chi connectivity index (χ3v) is 5.49. The van der Waals surface area contributed by atoms with Crippen LogP contribution in [0, 0.1) is 6.92 Å². The first-order valence-corrected chi connectivity index (χ1v) is 9.67. The van der Waals surface area contributed by atoms with Crippen LogP contribution in [0.3, 0.4) is 0 Å². The minimum absolute atomic E-state index is 0.174. The predicted octanol–water partition coefficient (Wildman–Crippen LogP) is 4.71. The molecule has 1 aliphatic rings. The van der Waals surface area contributed by atoms with Gasteiger partial charge in [0.2, 0.25) is 0 Å². The van der Waals surface area contributed by atoms with Crippen LogP contribution < -0.4 is 4.90 Å². The lowest BCUT2D eigenvalue weighted by Crippen LogP contribution is -2.29. The number of benzene rings is 3. The quantitative estimate of drug-likeness (QED) is 0.496. The molecule has 0 bridgehead atoms. The van der Waals surface area contributed by atoms with Gasteiger partial charge >= 0.3 is 5.97 Å². The van der Waals surface area contributed by atoms with Crippen molar-refractivity contribution in [3.8, 4) is 11.3 Å². The number of nitrogens with zero attached hydrogens (tertiary/aromatic N) is 2. The summed E-state index contributed by atoms with van der Waals surface area (Å²) in [4.78, 5) is 43.0. The van der Waals surface area contributed by atoms with Crippen molar-refractivity contribution in [2.45, 2.75) is 6.92 Å². The van der Waals surface area contributed by atoms with E-state index in [2.05, 4.69) is 4.98 Å². The minimum atomic E-state index is -1.03. The zero-order chi connectivity index (χ0) is 21.7. The molecule has 31 heavy (non-hydrogen) atoms. The second kappa shape index (κ2) is 6.88. The standard InChI is InChI=1S/C25H16N2O4/c1-14-5-4-8-17-20(25(30)31)13-21(26-22(14)17)15-9-11-16(12-10-15)27-23(28)18-6-2-3-7-19(18)24(27)29/h2-13H,1H3,(H,30,31). The van der Waals surface area contributed by atoms with Crippen LogP contribution in [0.15, 0.2) is 72.8 Å². The van der Waals surface area contributed by atoms with E-state index in [4.69, 9.17) is 0 Å². The van der Waals surface area contributed by atoms with Gasteiger partial charge in [-0.05, 0) is 42.8 Å². The van der Waals surface area contributed by atoms with Gasteiger partial charge in [-0.3, -0.25) is 9.59 Å². The van der Waals surface area contributed by atoms with Gasteiger partial charge in [0, 0.05) is 10.9 Å². The summed E-state index contributed by atoms with van der Waals surface area (Å²) in [6, 6.07) is 20.5. The third-order valence-electron chi connectivity index (χ3n) is 5.49. The Kier molecular flexibility index (Phi) is 4.15. The minimum Gasteiger partial charge on any atom is -0.478 e. The Bertz CT molecular complexity index is 1370. The van der Waals surface area contributed by atoms with Crippen molar-refractivity contribution in [2.75, 3.05) is 4.90 Å². The molecule has 1 aromatic heterocycles. The highest BCUT2D eigenvalue weighted by molar-refractivity contribution is 6.34. The summed E-state index contributed by atoms with van der Waals surface area (Å²) >= 11 is 0. The number of rotatable bonds is 3. The average Bonchev–Trinajstić information content (AvgIpc) is 3.04. The lowest BCUT2D eigenvalue weighted by Gasteiger charge is -2.15. The van der Waals surface area contributed by atoms with Crippen LogP contribution in [0.5, 0.6) is 0 Å². The Morgan fingerprint density at radius 3 is 2.13 bits per heavy atom. The summed E-state index contributed by atoms with van der Waals surface area (Å²) in [5.74, 6) is -1.75. The van der Waals surface area contributed by atoms with Crippen molar-refractivity contribution in [3.63, 3.8) is 0 Å². The molecule has 0 spiro atoms. The third kappa shape index (κ3) is 2.88. The van der Waals surface area contributed by atoms with Gasteiger partial charge in [0.05, 0.1) is 33.6 Å². The molecule has 1 N–H and O–H groups in total. The Hall–Kier alpha value is -4.32. The summed E-state index contributed by atoms with van der Waals surface area (Å²) in [7, 11) is 0. The van der Waals surface area contributed by atoms with Crippen molar-refractivity contribution in [2.24, 2.45) is 0 Å². The van der Waals surface area contributed by atoms with Gasteiger partial charge in [-0.25, -0.2) is 14.7 Å². The number of carboxylic acids is 1. The number of anilines is 1. The van der Waals surface area contributed by atoms with Crippen molar-refractivity contribution in [1.29, 1.82) is 0 Å². The molecule has 3 aromatic carbocycles. The number of carboxylic acid groups (broad SMARTS) is 1. The first kappa shape index (κ1) is 18.7. The smallest absolute Gasteiger partial charge is 0.336 e. The fraction of sp³-hybridized carbons (Fsp3) is 0.0400. The van der Waals surface area contributed by atoms with Crippen molar-refractivity contribution >= 4 is 34.4 Å². The summed E-state index contributed by atoms with van der Waals surface area (Å²) in [5, 5.41) is 10.2. The van der Waals surface area contributed by atoms with Crippen molar-refractivity contribution in [1.82, 2.24) is 4.98 Å². The molecule has 6 heteroatoms. The number of pyridine rings is 1. The molecular weight excluding hydrogens is 392 g/mol. The number of fused-ring (bicyclic) bond motifs is 2. The molecule has 0 saturated heterocycles. The second-order valence-electron chi connectivity index (χ2n) is 7.37. The summed E-state index contributed by atoms with van der Waals surface area (Å²) in [6.45, 7) is 1.89. The van der Waals surface area contributed by atoms with E-state index in [1.807, 2.05) is 19.1 Å². The first-order chi connectivity index (χ1) is 15.0. The van der Waals surface area contributed by atoms with E-state index in [1.54, 1.807) is 60.7 Å². The molecule has 0 saturated carbocycles. The number of para-hydroxylation sites is 1. The molecule has 0 aliphatic carbocycles. The molecule has 0 fully saturated rings. The fourth-order valence-electron chi connectivity index (χ4n) is 3.92. The van der Waals surface area contributed by atoms with Gasteiger partial charge in [-0.2, -0.15) is 0 Å². The Morgan fingerprint density at radius 2 is 1.52 bits per heavy atom. The van der Waals surface area contributed by atoms with Gasteiger partial charge in [-0.1, -0.05) is 42.5 Å². The number of hydrogen-bond donors (Lipinski definition) is 1. The van der Waals surface area contributed by atoms with Crippen LogP contribution in [-0.4, -0.2) is 27.9 Å². The van der Waals surface area contributed by atoms with Gasteiger partial charge < -0.3 is 5.11 Å². The highest BCUT2D eigenvalue weighted by Gasteiger charge is 2.36. The SMILES string of the molecule is Cc1cccc2c(C(=O)O)cc(-c3ccc(N4C(=O)c5ccccc5C4=O)cc3)nc12. The van der Waals surface area contributed by atoms with E-state index >= 15 is 0 Å². The second-order valence-corrected chi connectivity index (χ2v) is 7.37. The van der Waals surface area contributed by atoms with Crippen molar-refractivity contribution < 1.29 is 19.5 Å². The monoisotopic (exact) mass is 408 g/mol. The van der Waals surface area contributed by atoms with Gasteiger partial charge in [-0.15, -0.1) is 0 Å². The molecule has 0 unspecified atom stereocenters. The van der Waals surface area contributed by atoms with E-state index < -0.39 is 5.97 Å². The fourth-order valence-corrected chi connectivity index (χ4v) is 3.92. The molecule has 0 atom stereocenters. The topological polar surface area (TPSA) is 87.6 Å². The summed E-state index contributed by atoms with van der Waals surface area (Å²) in [6.07, 6.45) is 0. The van der Waals surface area contributed by atoms with E-state index in [9.17, 15) is 19.5 Å². The van der Waals surface area contributed by atoms with Crippen LogP contribution in [-0.2, 0) is 0 Å². The zero-order valence-electron chi connectivity index (χ0n) is 16.5. The van der Waals surface area contributed by atoms with Gasteiger partial charge in [0.1, 0.15) is 0 Å². The Balaban J connectivity index is 1.57. The van der Waals surface area contributed by atoms with Crippen molar-refractivity contribution in [3.05, 3.63) is 95.1 Å². The molecular formula is C25H16N2O4. The normalized spacial score (nSPS) is 13.0. The molecule has 6 nitrogen and oxygen atoms in total. The van der Waals surface area contributed by atoms with E-state index in [0.717, 1.165) is 10.5 Å². The Labute approximate surface area is 177 Å².